The molecule has 10 aromatic rings. The summed E-state index contributed by atoms with van der Waals surface area (Å²) in [5, 5.41) is 84.6. The molecule has 16 rings (SSSR count). The Hall–Kier alpha value is -8.38. The van der Waals surface area contributed by atoms with Crippen molar-refractivity contribution >= 4 is 151 Å². The van der Waals surface area contributed by atoms with E-state index in [9.17, 15) is 69.2 Å². The van der Waals surface area contributed by atoms with E-state index >= 15 is 0 Å². The topological polar surface area (TPSA) is 665 Å². The molecule has 6 aliphatic heterocycles. The van der Waals surface area contributed by atoms with Gasteiger partial charge in [-0.3, -0.25) is 71.7 Å². The van der Waals surface area contributed by atoms with Gasteiger partial charge in [-0.05, 0) is 150 Å². The summed E-state index contributed by atoms with van der Waals surface area (Å²) in [6.07, 6.45) is 19.9. The smallest absolute Gasteiger partial charge is 0.280 e. The number of H-pyrrole nitrogens is 5. The van der Waals surface area contributed by atoms with E-state index in [0.717, 1.165) is 30.8 Å². The molecule has 0 amide bonds. The molecule has 16 heterocycles. The fraction of sp³-hybridized carbons (Fsp3) is 0.595. The van der Waals surface area contributed by atoms with Gasteiger partial charge in [-0.2, -0.15) is 24.9 Å². The molecule has 50 heteroatoms. The van der Waals surface area contributed by atoms with Crippen LogP contribution in [0.5, 0.6) is 0 Å². The van der Waals surface area contributed by atoms with Crippen molar-refractivity contribution in [1.82, 2.24) is 97.6 Å². The predicted octanol–water partition coefficient (Wildman–Crippen LogP) is -0.343. The van der Waals surface area contributed by atoms with Gasteiger partial charge in [-0.15, -0.1) is 65.9 Å². The summed E-state index contributed by atoms with van der Waals surface area (Å²) in [5.74, 6) is -0.264. The first-order valence-electron chi connectivity index (χ1n) is 39.5. The van der Waals surface area contributed by atoms with Gasteiger partial charge in [0.2, 0.25) is 29.7 Å². The molecule has 682 valence electrons. The zero-order valence-corrected chi connectivity index (χ0v) is 75.7. The van der Waals surface area contributed by atoms with E-state index in [4.69, 9.17) is 57.1 Å². The SMILES string of the molecule is C=P(C)(C)CC[C@@]1(C)OC(n2cnc3c(=O)[nH]c(N)nc32)[C@H](O)[C@@H]1O.C=P(C)(C)CC[C@@]12CO[C@@H](C(n3cnc4c(=O)[nH]c(N)nc43)O1)[C@@H]2O.C=P(C)(C)CC[C@H]1OC(n2cnc3c(=O)[nH]c(N)nc32)[C@@](C)(O)[C@@H]1O.C=P(C)(C)CC[C@H]1OC(n2cnc3c(=O)[nH]c(N)nc32)[C@H](F)[C@@H]1O.C=P(C)(C)CC[C@H]1OC(n2cnc3c(=O)[nH]c(N)nc32)[C@](C)(O)[C@@H]1O. The van der Waals surface area contributed by atoms with Crippen LogP contribution in [0, 0.1) is 0 Å². The molecular weight excluding hydrogens is 1720 g/mol. The third kappa shape index (κ3) is 20.0. The van der Waals surface area contributed by atoms with E-state index in [0.29, 0.717) is 44.4 Å². The van der Waals surface area contributed by atoms with Crippen molar-refractivity contribution in [1.29, 1.82) is 0 Å². The van der Waals surface area contributed by atoms with Gasteiger partial charge in [0, 0.05) is 0 Å². The third-order valence-electron chi connectivity index (χ3n) is 22.4. The Bertz CT molecular complexity index is 5970. The third-order valence-corrected chi connectivity index (χ3v) is 29.7. The number of hydrogen-bond donors (Lipinski definition) is 18. The number of rotatable bonds is 20. The fourth-order valence-corrected chi connectivity index (χ4v) is 20.3. The summed E-state index contributed by atoms with van der Waals surface area (Å²) in [6, 6.07) is 0. The van der Waals surface area contributed by atoms with Crippen LogP contribution in [0.15, 0.2) is 55.6 Å². The maximum absolute atomic E-state index is 14.6. The van der Waals surface area contributed by atoms with Crippen molar-refractivity contribution < 1.29 is 73.7 Å². The zero-order valence-electron chi connectivity index (χ0n) is 71.2. The van der Waals surface area contributed by atoms with Crippen LogP contribution in [-0.4, -0.2) is 364 Å². The van der Waals surface area contributed by atoms with Gasteiger partial charge in [0.15, 0.2) is 93.1 Å². The highest BCUT2D eigenvalue weighted by Crippen LogP contribution is 2.52. The number of halogens is 1. The quantitative estimate of drug-likeness (QED) is 0.0434. The molecule has 0 aliphatic carbocycles. The Labute approximate surface area is 709 Å². The number of alkyl halides is 1. The highest BCUT2D eigenvalue weighted by molar-refractivity contribution is 7.73. The van der Waals surface area contributed by atoms with E-state index < -0.39 is 183 Å². The van der Waals surface area contributed by atoms with Crippen molar-refractivity contribution in [3.05, 3.63) is 83.4 Å². The maximum atomic E-state index is 14.6. The Kier molecular flexibility index (Phi) is 26.7. The first kappa shape index (κ1) is 94.7. The van der Waals surface area contributed by atoms with Crippen LogP contribution in [0.3, 0.4) is 0 Å². The van der Waals surface area contributed by atoms with E-state index in [-0.39, 0.29) is 79.9 Å². The van der Waals surface area contributed by atoms with Crippen LogP contribution in [0.4, 0.5) is 34.1 Å². The second-order valence-electron chi connectivity index (χ2n) is 36.5. The largest absolute Gasteiger partial charge is 0.387 e. The van der Waals surface area contributed by atoms with Crippen molar-refractivity contribution in [2.24, 2.45) is 0 Å². The zero-order chi connectivity index (χ0) is 91.3. The van der Waals surface area contributed by atoms with Crippen molar-refractivity contribution in [2.45, 2.75) is 174 Å². The number of aromatic amines is 5. The van der Waals surface area contributed by atoms with Crippen LogP contribution in [0.2, 0.25) is 0 Å². The summed E-state index contributed by atoms with van der Waals surface area (Å²) in [7, 11) is 0. The monoisotopic (exact) mass is 1830 g/mol. The van der Waals surface area contributed by atoms with Crippen LogP contribution < -0.4 is 56.5 Å². The second kappa shape index (κ2) is 35.0. The highest BCUT2D eigenvalue weighted by Gasteiger charge is 2.62. The first-order chi connectivity index (χ1) is 57.4. The molecule has 0 spiro atoms. The number of imidazole rings is 5. The lowest BCUT2D eigenvalue weighted by molar-refractivity contribution is -0.172. The average Bonchev–Trinajstić information content (AvgIpc) is 1.58. The molecule has 124 heavy (non-hydrogen) atoms. The van der Waals surface area contributed by atoms with Crippen molar-refractivity contribution in [3.63, 3.8) is 0 Å². The van der Waals surface area contributed by atoms with E-state index in [1.54, 1.807) is 11.5 Å². The van der Waals surface area contributed by atoms with Crippen LogP contribution in [0.25, 0.3) is 55.8 Å². The molecule has 10 aromatic heterocycles. The normalized spacial score (nSPS) is 30.1. The van der Waals surface area contributed by atoms with Gasteiger partial charge in [0.05, 0.1) is 62.2 Å². The number of anilines is 5. The number of fused-ring (bicyclic) bond motifs is 7. The Balaban J connectivity index is 0.000000141. The molecule has 6 saturated heterocycles. The Morgan fingerprint density at radius 2 is 0.726 bits per heavy atom. The van der Waals surface area contributed by atoms with E-state index in [2.05, 4.69) is 173 Å². The fourth-order valence-electron chi connectivity index (χ4n) is 15.4. The minimum Gasteiger partial charge on any atom is -0.387 e. The van der Waals surface area contributed by atoms with Gasteiger partial charge in [0.25, 0.3) is 27.8 Å². The number of nitrogen functional groups attached to an aromatic ring is 5. The van der Waals surface area contributed by atoms with Crippen LogP contribution in [0.1, 0.15) is 84.0 Å². The Morgan fingerprint density at radius 3 is 1.07 bits per heavy atom. The standard InChI is InChI=1S/C15H22N5O4P.3C15H24N5O4P.C14H21FN5O3P/c1-25(2,3)5-4-15-6-23-9(10(15)21)13(24-15)20-7-17-8-11(20)18-14(16)19-12(8)22;1-15(5-6-25(2,3)4)10(22)9(21)13(24-15)20-7-17-8-11(20)18-14(16)19-12(8)23;2*1-15(23)10(21)8(5-6-25(2,3)4)24-13(15)20-7-17-9-11(20)18-14(16)19-12(9)22;1-24(2,3)5-4-7-10(21)8(15)13(23-7)20-6-17-9-11(20)18-14(16)19-12(9)22/h7,9-10,13,21H,1,4-6H2,2-3H3,(H3,16,18,19,22);7,9-10,13,21-22H,2,5-6H2,1,3-4H3,(H3,16,18,19,23);2*7-8,10,13,21,23H,2,5-6H2,1,3-4H3,(H3,16,18,19,22);6-8,10,13,21H,1,4-5H2,2-3H3,(H3,16,18,19,22)/t9-,10+,13?,15+;9-,10+,13?,15-;8-,10-,13?,15+;8-,10-,13?,15-;7-,8-,10-,13?/m11111/s1. The molecule has 6 aliphatic rings. The van der Waals surface area contributed by atoms with E-state index in [1.165, 1.54) is 63.8 Å². The van der Waals surface area contributed by atoms with Crippen LogP contribution >= 0.6 is 34.4 Å². The Morgan fingerprint density at radius 1 is 0.419 bits per heavy atom. The number of nitrogens with two attached hydrogens (primary N) is 5. The minimum absolute atomic E-state index is 0.00203. The summed E-state index contributed by atoms with van der Waals surface area (Å²) in [6.45, 7) is 19.7. The number of aromatic nitrogens is 20. The van der Waals surface area contributed by atoms with Gasteiger partial charge in [-0.1, -0.05) is 0 Å². The lowest BCUT2D eigenvalue weighted by atomic mass is 9.95. The number of aliphatic hydroxyl groups is 8. The molecule has 44 nitrogen and oxygen atoms in total. The number of nitrogens with zero attached hydrogens (tertiary/aromatic N) is 15. The maximum Gasteiger partial charge on any atom is 0.280 e. The van der Waals surface area contributed by atoms with Crippen molar-refractivity contribution in [3.8, 4) is 0 Å². The highest BCUT2D eigenvalue weighted by atomic mass is 31.2. The van der Waals surface area contributed by atoms with Crippen LogP contribution in [-0.2, 0) is 28.4 Å². The molecule has 0 aromatic carbocycles. The number of hydrogen-bond acceptors (Lipinski definition) is 34. The molecule has 0 radical (unpaired) electrons. The summed E-state index contributed by atoms with van der Waals surface area (Å²) in [4.78, 5) is 112. The summed E-state index contributed by atoms with van der Waals surface area (Å²) < 4.78 is 57.4. The molecule has 0 saturated carbocycles. The number of nitrogens with one attached hydrogen (secondary N) is 5. The molecule has 6 fully saturated rings. The molecule has 20 atom stereocenters. The van der Waals surface area contributed by atoms with Gasteiger partial charge >= 0.3 is 0 Å². The first-order valence-corrected chi connectivity index (χ1v) is 54.8. The average molecular weight is 1830 g/mol. The number of aliphatic hydroxyl groups excluding tert-OH is 6. The van der Waals surface area contributed by atoms with Gasteiger partial charge in [-0.25, -0.2) is 29.3 Å². The second-order valence-corrected chi connectivity index (χ2v) is 58.1. The lowest BCUT2D eigenvalue weighted by Crippen LogP contribution is -2.43. The molecular formula is C74H115FN25O19P5. The van der Waals surface area contributed by atoms with E-state index in [1.807, 2.05) is 0 Å². The lowest BCUT2D eigenvalue weighted by Gasteiger charge is -2.32. The van der Waals surface area contributed by atoms with Gasteiger partial charge < -0.3 is 97.9 Å². The minimum atomic E-state index is -1.65. The summed E-state index contributed by atoms with van der Waals surface area (Å²) >= 11 is 0. The predicted molar refractivity (Wildman–Crippen MR) is 485 cm³/mol. The van der Waals surface area contributed by atoms with Gasteiger partial charge in [0.1, 0.15) is 59.5 Å². The molecule has 5 unspecified atom stereocenters. The summed E-state index contributed by atoms with van der Waals surface area (Å²) in [5.41, 5.74) is 22.4. The molecule has 23 N–H and O–H groups in total. The van der Waals surface area contributed by atoms with Crippen molar-refractivity contribution in [2.75, 3.05) is 133 Å². The molecule has 2 bridgehead atoms. The number of ether oxygens (including phenoxy) is 6.